The summed E-state index contributed by atoms with van der Waals surface area (Å²) in [7, 11) is 3.66. The molecule has 5 nitrogen and oxygen atoms in total. The van der Waals surface area contributed by atoms with Crippen molar-refractivity contribution in [3.05, 3.63) is 0 Å². The van der Waals surface area contributed by atoms with E-state index in [1.165, 1.54) is 12.8 Å². The molecule has 0 fully saturated rings. The van der Waals surface area contributed by atoms with Crippen molar-refractivity contribution in [2.75, 3.05) is 20.6 Å². The van der Waals surface area contributed by atoms with E-state index in [0.717, 1.165) is 32.1 Å². The third-order valence-electron chi connectivity index (χ3n) is 3.72. The number of hydrogen-bond donors (Lipinski definition) is 3. The van der Waals surface area contributed by atoms with Gasteiger partial charge in [0.05, 0.1) is 12.1 Å². The second-order valence-electron chi connectivity index (χ2n) is 5.68. The molecule has 0 aromatic rings. The lowest BCUT2D eigenvalue weighted by Gasteiger charge is -2.11. The minimum atomic E-state index is 0.0292. The smallest absolute Gasteiger partial charge is 0.146 e. The van der Waals surface area contributed by atoms with Gasteiger partial charge < -0.3 is 16.4 Å². The molecule has 0 saturated heterocycles. The quantitative estimate of drug-likeness (QED) is 0.480. The molecule has 0 heterocycles. The van der Waals surface area contributed by atoms with Gasteiger partial charge >= 0.3 is 0 Å². The van der Waals surface area contributed by atoms with Crippen molar-refractivity contribution in [1.29, 1.82) is 0 Å². The lowest BCUT2D eigenvalue weighted by molar-refractivity contribution is -0.119. The topological polar surface area (TPSA) is 84.2 Å². The van der Waals surface area contributed by atoms with Crippen LogP contribution >= 0.6 is 0 Å². The van der Waals surface area contributed by atoms with Crippen LogP contribution in [0.2, 0.25) is 0 Å². The van der Waals surface area contributed by atoms with E-state index in [0.29, 0.717) is 6.54 Å². The van der Waals surface area contributed by atoms with Gasteiger partial charge in [0.15, 0.2) is 0 Å². The molecule has 0 aliphatic heterocycles. The molecular weight excluding hydrogens is 278 g/mol. The van der Waals surface area contributed by atoms with Gasteiger partial charge in [-0.15, -0.1) is 0 Å². The van der Waals surface area contributed by atoms with Crippen molar-refractivity contribution in [3.63, 3.8) is 0 Å². The van der Waals surface area contributed by atoms with Crippen LogP contribution in [0.1, 0.15) is 65.7 Å². The average molecular weight is 316 g/mol. The fourth-order valence-corrected chi connectivity index (χ4v) is 2.19. The lowest BCUT2D eigenvalue weighted by atomic mass is 10.1. The van der Waals surface area contributed by atoms with E-state index < -0.39 is 0 Å². The maximum Gasteiger partial charge on any atom is 0.146 e. The summed E-state index contributed by atoms with van der Waals surface area (Å²) in [6.07, 6.45) is 7.52. The monoisotopic (exact) mass is 315 g/mol. The normalized spacial score (nSPS) is 13.0. The van der Waals surface area contributed by atoms with E-state index in [-0.39, 0.29) is 23.7 Å². The fourth-order valence-electron chi connectivity index (χ4n) is 2.19. The Morgan fingerprint density at radius 3 is 1.55 bits per heavy atom. The summed E-state index contributed by atoms with van der Waals surface area (Å²) in [4.78, 5) is 21.8. The molecule has 0 radical (unpaired) electrons. The Labute approximate surface area is 136 Å². The van der Waals surface area contributed by atoms with Crippen molar-refractivity contribution in [1.82, 2.24) is 10.6 Å². The van der Waals surface area contributed by atoms with E-state index in [9.17, 15) is 9.59 Å². The molecule has 4 N–H and O–H groups in total. The zero-order valence-corrected chi connectivity index (χ0v) is 15.2. The predicted octanol–water partition coefficient (Wildman–Crippen LogP) is 2.04. The van der Waals surface area contributed by atoms with Gasteiger partial charge in [0.2, 0.25) is 0 Å². The molecule has 2 atom stereocenters. The summed E-state index contributed by atoms with van der Waals surface area (Å²) >= 11 is 0. The van der Waals surface area contributed by atoms with Gasteiger partial charge in [-0.05, 0) is 53.8 Å². The number of unbranched alkanes of at least 4 members (excludes halogenated alkanes) is 3. The van der Waals surface area contributed by atoms with Gasteiger partial charge in [-0.2, -0.15) is 0 Å². The van der Waals surface area contributed by atoms with Crippen LogP contribution in [-0.2, 0) is 9.59 Å². The van der Waals surface area contributed by atoms with Crippen LogP contribution in [0.5, 0.6) is 0 Å². The maximum atomic E-state index is 10.9. The number of hydrogen-bond acceptors (Lipinski definition) is 5. The number of nitrogens with two attached hydrogens (primary N) is 1. The van der Waals surface area contributed by atoms with Crippen molar-refractivity contribution < 1.29 is 9.59 Å². The highest BCUT2D eigenvalue weighted by Crippen LogP contribution is 2.03. The second kappa shape index (κ2) is 16.6. The van der Waals surface area contributed by atoms with Crippen LogP contribution in [0.3, 0.4) is 0 Å². The Morgan fingerprint density at radius 2 is 1.27 bits per heavy atom. The van der Waals surface area contributed by atoms with Gasteiger partial charge in [0.1, 0.15) is 11.6 Å². The van der Waals surface area contributed by atoms with Gasteiger partial charge in [-0.1, -0.05) is 32.6 Å². The number of rotatable bonds is 12. The van der Waals surface area contributed by atoms with Crippen LogP contribution in [-0.4, -0.2) is 44.3 Å². The molecule has 0 aliphatic carbocycles. The van der Waals surface area contributed by atoms with E-state index in [1.807, 2.05) is 14.1 Å². The SMILES string of the molecule is CCCCCC(NC)C(C)=O.CNC(CCCCN)C(C)=O. The third-order valence-corrected chi connectivity index (χ3v) is 3.72. The largest absolute Gasteiger partial charge is 0.330 e. The Hall–Kier alpha value is -0.780. The van der Waals surface area contributed by atoms with Crippen molar-refractivity contribution in [2.45, 2.75) is 77.8 Å². The summed E-state index contributed by atoms with van der Waals surface area (Å²) in [5.41, 5.74) is 5.33. The van der Waals surface area contributed by atoms with E-state index >= 15 is 0 Å². The molecule has 2 unspecified atom stereocenters. The summed E-state index contributed by atoms with van der Waals surface area (Å²) in [5, 5.41) is 5.98. The summed E-state index contributed by atoms with van der Waals surface area (Å²) in [5.74, 6) is 0.466. The van der Waals surface area contributed by atoms with Gasteiger partial charge in [0, 0.05) is 0 Å². The van der Waals surface area contributed by atoms with Crippen molar-refractivity contribution in [3.8, 4) is 0 Å². The minimum Gasteiger partial charge on any atom is -0.330 e. The van der Waals surface area contributed by atoms with Crippen LogP contribution in [0.15, 0.2) is 0 Å². The third kappa shape index (κ3) is 14.2. The average Bonchev–Trinajstić information content (AvgIpc) is 2.48. The minimum absolute atomic E-state index is 0.0292. The van der Waals surface area contributed by atoms with E-state index in [4.69, 9.17) is 5.73 Å². The Morgan fingerprint density at radius 1 is 0.864 bits per heavy atom. The van der Waals surface area contributed by atoms with Gasteiger partial charge in [-0.3, -0.25) is 9.59 Å². The molecule has 132 valence electrons. The molecule has 0 aromatic heterocycles. The summed E-state index contributed by atoms with van der Waals surface area (Å²) in [6, 6.07) is 0.114. The zero-order chi connectivity index (χ0) is 17.4. The summed E-state index contributed by atoms with van der Waals surface area (Å²) < 4.78 is 0. The molecular formula is C17H37N3O2. The first-order chi connectivity index (χ1) is 10.4. The first kappa shape index (κ1) is 23.5. The number of Topliss-reactive ketones (excluding diaryl/α,β-unsaturated/α-hetero) is 2. The molecule has 0 saturated carbocycles. The molecule has 0 bridgehead atoms. The van der Waals surface area contributed by atoms with Gasteiger partial charge in [-0.25, -0.2) is 0 Å². The van der Waals surface area contributed by atoms with Gasteiger partial charge in [0.25, 0.3) is 0 Å². The molecule has 0 aliphatic rings. The Kier molecular flexibility index (Phi) is 17.7. The van der Waals surface area contributed by atoms with Crippen molar-refractivity contribution >= 4 is 11.6 Å². The highest BCUT2D eigenvalue weighted by atomic mass is 16.1. The number of likely N-dealkylation sites (N-methyl/N-ethyl adjacent to an activating group) is 2. The standard InChI is InChI=1S/C9H19NO.C8H18N2O/c1-4-5-6-7-9(10-3)8(2)11;1-7(11)8(10-2)5-3-4-6-9/h9-10H,4-7H2,1-3H3;8,10H,3-6,9H2,1-2H3. The zero-order valence-electron chi connectivity index (χ0n) is 15.2. The first-order valence-corrected chi connectivity index (χ1v) is 8.49. The van der Waals surface area contributed by atoms with Crippen LogP contribution < -0.4 is 16.4 Å². The fraction of sp³-hybridized carbons (Fsp3) is 0.882. The number of nitrogens with one attached hydrogen (secondary N) is 2. The Balaban J connectivity index is 0. The van der Waals surface area contributed by atoms with E-state index in [2.05, 4.69) is 17.6 Å². The van der Waals surface area contributed by atoms with Crippen LogP contribution in [0.4, 0.5) is 0 Å². The van der Waals surface area contributed by atoms with Crippen molar-refractivity contribution in [2.24, 2.45) is 5.73 Å². The highest BCUT2D eigenvalue weighted by molar-refractivity contribution is 5.81. The van der Waals surface area contributed by atoms with E-state index in [1.54, 1.807) is 13.8 Å². The predicted molar refractivity (Wildman–Crippen MR) is 94.1 cm³/mol. The molecule has 0 rings (SSSR count). The molecule has 5 heteroatoms. The van der Waals surface area contributed by atoms with Crippen LogP contribution in [0, 0.1) is 0 Å². The maximum absolute atomic E-state index is 10.9. The van der Waals surface area contributed by atoms with Crippen LogP contribution in [0.25, 0.3) is 0 Å². The molecule has 22 heavy (non-hydrogen) atoms. The Bertz CT molecular complexity index is 255. The number of ketones is 2. The lowest BCUT2D eigenvalue weighted by Crippen LogP contribution is -2.32. The highest BCUT2D eigenvalue weighted by Gasteiger charge is 2.10. The summed E-state index contributed by atoms with van der Waals surface area (Å²) in [6.45, 7) is 6.15. The molecule has 0 spiro atoms. The number of carbonyl (C=O) groups is 2. The molecule has 0 aromatic carbocycles. The number of carbonyl (C=O) groups excluding carboxylic acids is 2. The molecule has 0 amide bonds. The first-order valence-electron chi connectivity index (χ1n) is 8.49. The second-order valence-corrected chi connectivity index (χ2v) is 5.68.